The second kappa shape index (κ2) is 16.1. The monoisotopic (exact) mass is 278 g/mol. The summed E-state index contributed by atoms with van der Waals surface area (Å²) in [5.41, 5.74) is 0. The topological polar surface area (TPSA) is 120 Å². The molecule has 0 aliphatic heterocycles. The zero-order valence-corrected chi connectivity index (χ0v) is 9.22. The van der Waals surface area contributed by atoms with E-state index in [1.807, 2.05) is 0 Å². The van der Waals surface area contributed by atoms with Gasteiger partial charge in [-0.15, -0.1) is 0 Å². The Hall–Kier alpha value is 0.207. The van der Waals surface area contributed by atoms with Crippen LogP contribution in [-0.2, 0) is 4.79 Å². The Kier molecular flexibility index (Phi) is 36.1. The summed E-state index contributed by atoms with van der Waals surface area (Å²) >= 11 is 0. The van der Waals surface area contributed by atoms with Crippen molar-refractivity contribution in [3.8, 4) is 0 Å². The molecule has 60 valence electrons. The average Bonchev–Trinajstić information content (AvgIpc) is 1.25. The average molecular weight is 278 g/mol. The molecule has 0 saturated carbocycles. The fourth-order valence-electron chi connectivity index (χ4n) is 0. The van der Waals surface area contributed by atoms with Crippen molar-refractivity contribution in [3.63, 3.8) is 0 Å². The Bertz CT molecular complexity index is 76.5. The van der Waals surface area contributed by atoms with Gasteiger partial charge < -0.3 is 26.3 Å². The largest absolute Gasteiger partial charge is 0.369 e. The first-order chi connectivity index (χ1) is 3.46. The molecule has 0 aliphatic rings. The fourth-order valence-corrected chi connectivity index (χ4v) is 0. The van der Waals surface area contributed by atoms with Crippen LogP contribution in [0.1, 0.15) is 13.8 Å². The molecule has 10 heavy (non-hydrogen) atoms. The van der Waals surface area contributed by atoms with Crippen molar-refractivity contribution >= 4 is 5.78 Å². The summed E-state index contributed by atoms with van der Waals surface area (Å²) in [6.07, 6.45) is 0. The van der Waals surface area contributed by atoms with E-state index in [1.165, 1.54) is 13.8 Å². The third kappa shape index (κ3) is 9980. The maximum atomic E-state index is 9.44. The minimum absolute atomic E-state index is 0. The number of hydrogen-bond acceptors (Lipinski definition) is 4. The number of rotatable bonds is 0. The molecule has 0 aromatic carbocycles. The van der Waals surface area contributed by atoms with Crippen molar-refractivity contribution in [2.75, 3.05) is 0 Å². The van der Waals surface area contributed by atoms with Gasteiger partial charge >= 0.3 is 0 Å². The van der Waals surface area contributed by atoms with Crippen molar-refractivity contribution in [2.45, 2.75) is 13.8 Å². The van der Waals surface area contributed by atoms with Crippen molar-refractivity contribution in [3.05, 3.63) is 15.3 Å². The number of nitrogens with zero attached hydrogens (tertiary/aromatic N) is 1. The summed E-state index contributed by atoms with van der Waals surface area (Å²) in [6, 6.07) is 0. The first-order valence-electron chi connectivity index (χ1n) is 1.75. The van der Waals surface area contributed by atoms with E-state index in [0.717, 1.165) is 0 Å². The number of carbonyl (C=O) groups excluding carboxylic acids is 1. The zero-order valence-electron chi connectivity index (χ0n) is 6.08. The maximum absolute atomic E-state index is 9.44. The Labute approximate surface area is 92.1 Å². The molecule has 0 bridgehead atoms. The van der Waals surface area contributed by atoms with Gasteiger partial charge in [-0.05, 0) is 13.8 Å². The Morgan fingerprint density at radius 3 is 1.30 bits per heavy atom. The van der Waals surface area contributed by atoms with E-state index in [1.54, 1.807) is 0 Å². The number of hydrogen-bond donors (Lipinski definition) is 1. The van der Waals surface area contributed by atoms with Gasteiger partial charge in [0.15, 0.2) is 0 Å². The number of ketones is 1. The zero-order chi connectivity index (χ0) is 7.15. The van der Waals surface area contributed by atoms with Crippen molar-refractivity contribution in [1.82, 2.24) is 6.15 Å². The van der Waals surface area contributed by atoms with Gasteiger partial charge in [-0.2, -0.15) is 0 Å². The van der Waals surface area contributed by atoms with Crippen LogP contribution in [-0.4, -0.2) is 10.9 Å². The predicted molar refractivity (Wildman–Crippen MR) is 32.7 cm³/mol. The second-order valence-electron chi connectivity index (χ2n) is 1.13. The Morgan fingerprint density at radius 2 is 1.30 bits per heavy atom. The summed E-state index contributed by atoms with van der Waals surface area (Å²) in [5.74, 6) is 0.167. The van der Waals surface area contributed by atoms with Gasteiger partial charge in [-0.3, -0.25) is 0 Å². The van der Waals surface area contributed by atoms with Crippen LogP contribution in [0, 0.1) is 57.1 Å². The molecule has 0 spiro atoms. The summed E-state index contributed by atoms with van der Waals surface area (Å²) in [4.78, 5) is 17.7. The van der Waals surface area contributed by atoms with Crippen LogP contribution in [0.25, 0.3) is 0 Å². The van der Waals surface area contributed by atoms with Crippen LogP contribution in [0.4, 0.5) is 0 Å². The molecular formula is C3H10CeN2O4. The SMILES string of the molecule is CC(C)=O.O=[N+]([O-])[O-].[Ce].[NH4+]. The molecule has 0 atom stereocenters. The van der Waals surface area contributed by atoms with E-state index >= 15 is 0 Å². The smallest absolute Gasteiger partial charge is 0.126 e. The quantitative estimate of drug-likeness (QED) is 0.518. The van der Waals surface area contributed by atoms with Crippen LogP contribution >= 0.6 is 0 Å². The van der Waals surface area contributed by atoms with E-state index in [-0.39, 0.29) is 53.7 Å². The normalized spacial score (nSPS) is 5.00. The Balaban J connectivity index is -0.0000000300. The van der Waals surface area contributed by atoms with Crippen LogP contribution in [0.2, 0.25) is 0 Å². The molecule has 7 heteroatoms. The molecule has 0 unspecified atom stereocenters. The number of Topliss-reactive ketones (excluding diaryl/α,β-unsaturated/α-hetero) is 1. The molecule has 0 heterocycles. The van der Waals surface area contributed by atoms with Gasteiger partial charge in [0.2, 0.25) is 0 Å². The van der Waals surface area contributed by atoms with E-state index in [9.17, 15) is 4.79 Å². The van der Waals surface area contributed by atoms with E-state index in [0.29, 0.717) is 0 Å². The molecule has 0 saturated heterocycles. The van der Waals surface area contributed by atoms with Crippen LogP contribution in [0.15, 0.2) is 0 Å². The van der Waals surface area contributed by atoms with Crippen molar-refractivity contribution in [2.24, 2.45) is 0 Å². The molecular weight excluding hydrogens is 268 g/mol. The summed E-state index contributed by atoms with van der Waals surface area (Å²) in [7, 11) is 0. The Morgan fingerprint density at radius 1 is 1.30 bits per heavy atom. The van der Waals surface area contributed by atoms with Gasteiger partial charge in [0, 0.05) is 41.7 Å². The fraction of sp³-hybridized carbons (Fsp3) is 0.667. The molecule has 0 fully saturated rings. The van der Waals surface area contributed by atoms with Gasteiger partial charge in [0.1, 0.15) is 5.78 Å². The van der Waals surface area contributed by atoms with Crippen molar-refractivity contribution < 1.29 is 51.6 Å². The number of carbonyl (C=O) groups is 1. The van der Waals surface area contributed by atoms with Crippen LogP contribution < -0.4 is 6.15 Å². The van der Waals surface area contributed by atoms with Crippen LogP contribution in [0.5, 0.6) is 0 Å². The molecule has 0 aromatic heterocycles. The molecule has 4 N–H and O–H groups in total. The maximum Gasteiger partial charge on any atom is 0.126 e. The van der Waals surface area contributed by atoms with Gasteiger partial charge in [0.25, 0.3) is 0 Å². The summed E-state index contributed by atoms with van der Waals surface area (Å²) in [6.45, 7) is 3.06. The molecule has 0 radical (unpaired) electrons. The molecule has 6 nitrogen and oxygen atoms in total. The third-order valence-electron chi connectivity index (χ3n) is 0. The van der Waals surface area contributed by atoms with Gasteiger partial charge in [0.05, 0.1) is 5.09 Å². The standard InChI is InChI=1S/C3H6O.Ce.NO3.H3N/c1-3(2)4;;2-1(3)4;/h1-2H3;;;1H3/q;;-1;/p+1. The first-order valence-corrected chi connectivity index (χ1v) is 1.75. The molecule has 0 rings (SSSR count). The molecule has 0 aromatic rings. The molecule has 0 amide bonds. The second-order valence-corrected chi connectivity index (χ2v) is 1.13. The summed E-state index contributed by atoms with van der Waals surface area (Å²) in [5, 5.41) is 14.8. The number of quaternary nitrogens is 1. The van der Waals surface area contributed by atoms with Gasteiger partial charge in [-0.25, -0.2) is 0 Å². The minimum atomic E-state index is -1.75. The van der Waals surface area contributed by atoms with Crippen molar-refractivity contribution in [1.29, 1.82) is 0 Å². The van der Waals surface area contributed by atoms with E-state index < -0.39 is 5.09 Å². The molecule has 0 aliphatic carbocycles. The van der Waals surface area contributed by atoms with E-state index in [2.05, 4.69) is 0 Å². The van der Waals surface area contributed by atoms with Gasteiger partial charge in [-0.1, -0.05) is 0 Å². The first kappa shape index (κ1) is 22.5. The minimum Gasteiger partial charge on any atom is -0.369 e. The van der Waals surface area contributed by atoms with Crippen LogP contribution in [0.3, 0.4) is 0 Å². The predicted octanol–water partition coefficient (Wildman–Crippen LogP) is 0.732. The summed E-state index contributed by atoms with van der Waals surface area (Å²) < 4.78 is 0. The van der Waals surface area contributed by atoms with E-state index in [4.69, 9.17) is 15.3 Å². The third-order valence-corrected chi connectivity index (χ3v) is 0.